The minimum absolute atomic E-state index is 0.122. The highest BCUT2D eigenvalue weighted by Crippen LogP contribution is 2.23. The van der Waals surface area contributed by atoms with Crippen LogP contribution in [0.5, 0.6) is 0 Å². The number of fused-ring (bicyclic) bond motifs is 1. The second kappa shape index (κ2) is 4.41. The third kappa shape index (κ3) is 2.34. The predicted molar refractivity (Wildman–Crippen MR) is 62.7 cm³/mol. The van der Waals surface area contributed by atoms with Gasteiger partial charge in [-0.1, -0.05) is 12.1 Å². The van der Waals surface area contributed by atoms with Gasteiger partial charge in [0.2, 0.25) is 0 Å². The quantitative estimate of drug-likeness (QED) is 0.788. The van der Waals surface area contributed by atoms with Gasteiger partial charge in [-0.15, -0.1) is 11.3 Å². The zero-order valence-electron chi connectivity index (χ0n) is 8.60. The summed E-state index contributed by atoms with van der Waals surface area (Å²) in [6, 6.07) is 10.4. The van der Waals surface area contributed by atoms with Gasteiger partial charge in [-0.05, 0) is 25.5 Å². The number of para-hydroxylation sites is 1. The van der Waals surface area contributed by atoms with E-state index in [9.17, 15) is 0 Å². The molecule has 1 aromatic carbocycles. The Bertz CT molecular complexity index is 463. The molecular formula is C12H12N2S. The van der Waals surface area contributed by atoms with Gasteiger partial charge >= 0.3 is 0 Å². The molecule has 0 N–H and O–H groups in total. The van der Waals surface area contributed by atoms with Crippen molar-refractivity contribution in [3.63, 3.8) is 0 Å². The standard InChI is InChI=1S/C12H12N2S/c1-9(8-13)6-7-12-14-10-4-2-3-5-11(10)15-12/h2-5,9H,6-7H2,1H3. The summed E-state index contributed by atoms with van der Waals surface area (Å²) >= 11 is 1.73. The molecule has 15 heavy (non-hydrogen) atoms. The molecule has 0 aliphatic heterocycles. The Hall–Kier alpha value is -1.40. The van der Waals surface area contributed by atoms with Crippen molar-refractivity contribution in [1.29, 1.82) is 5.26 Å². The molecule has 1 atom stereocenters. The molecule has 1 aromatic heterocycles. The van der Waals surface area contributed by atoms with E-state index in [1.54, 1.807) is 11.3 Å². The van der Waals surface area contributed by atoms with Crippen molar-refractivity contribution in [3.05, 3.63) is 29.3 Å². The molecule has 2 nitrogen and oxygen atoms in total. The zero-order valence-corrected chi connectivity index (χ0v) is 9.42. The Morgan fingerprint density at radius 3 is 3.00 bits per heavy atom. The number of benzene rings is 1. The van der Waals surface area contributed by atoms with Crippen molar-refractivity contribution >= 4 is 21.6 Å². The van der Waals surface area contributed by atoms with E-state index in [1.165, 1.54) is 4.70 Å². The van der Waals surface area contributed by atoms with Crippen molar-refractivity contribution < 1.29 is 0 Å². The Morgan fingerprint density at radius 2 is 2.27 bits per heavy atom. The van der Waals surface area contributed by atoms with E-state index < -0.39 is 0 Å². The van der Waals surface area contributed by atoms with Gasteiger partial charge < -0.3 is 0 Å². The summed E-state index contributed by atoms with van der Waals surface area (Å²) in [4.78, 5) is 4.53. The summed E-state index contributed by atoms with van der Waals surface area (Å²) in [7, 11) is 0. The third-order valence-corrected chi connectivity index (χ3v) is 3.45. The highest BCUT2D eigenvalue weighted by atomic mass is 32.1. The van der Waals surface area contributed by atoms with Crippen LogP contribution in [0.3, 0.4) is 0 Å². The molecule has 3 heteroatoms. The molecule has 2 rings (SSSR count). The maximum atomic E-state index is 8.69. The molecule has 0 radical (unpaired) electrons. The minimum Gasteiger partial charge on any atom is -0.241 e. The normalized spacial score (nSPS) is 12.5. The first kappa shape index (κ1) is 10.1. The number of nitriles is 1. The van der Waals surface area contributed by atoms with E-state index in [2.05, 4.69) is 17.1 Å². The number of hydrogen-bond donors (Lipinski definition) is 0. The van der Waals surface area contributed by atoms with Crippen LogP contribution in [0.1, 0.15) is 18.4 Å². The Morgan fingerprint density at radius 1 is 1.47 bits per heavy atom. The molecule has 1 unspecified atom stereocenters. The second-order valence-corrected chi connectivity index (χ2v) is 4.76. The Kier molecular flexibility index (Phi) is 2.98. The number of hydrogen-bond acceptors (Lipinski definition) is 3. The topological polar surface area (TPSA) is 36.7 Å². The van der Waals surface area contributed by atoms with Crippen molar-refractivity contribution in [2.24, 2.45) is 5.92 Å². The van der Waals surface area contributed by atoms with Crippen LogP contribution in [0.2, 0.25) is 0 Å². The molecule has 0 aliphatic carbocycles. The molecule has 76 valence electrons. The SMILES string of the molecule is CC(C#N)CCc1nc2ccccc2s1. The van der Waals surface area contributed by atoms with E-state index in [-0.39, 0.29) is 5.92 Å². The van der Waals surface area contributed by atoms with Crippen LogP contribution in [0.25, 0.3) is 10.2 Å². The lowest BCUT2D eigenvalue weighted by Gasteiger charge is -1.97. The number of thiazole rings is 1. The lowest BCUT2D eigenvalue weighted by molar-refractivity contribution is 0.659. The van der Waals surface area contributed by atoms with Crippen LogP contribution in [0, 0.1) is 17.2 Å². The number of aryl methyl sites for hydroxylation is 1. The summed E-state index contributed by atoms with van der Waals surface area (Å²) in [5.74, 6) is 0.122. The fraction of sp³-hybridized carbons (Fsp3) is 0.333. The molecule has 0 spiro atoms. The van der Waals surface area contributed by atoms with Crippen LogP contribution in [-0.4, -0.2) is 4.98 Å². The lowest BCUT2D eigenvalue weighted by Crippen LogP contribution is -1.92. The smallest absolute Gasteiger partial charge is 0.0939 e. The van der Waals surface area contributed by atoms with E-state index in [1.807, 2.05) is 25.1 Å². The first-order valence-electron chi connectivity index (χ1n) is 5.03. The summed E-state index contributed by atoms with van der Waals surface area (Å²) in [5, 5.41) is 9.82. The molecule has 0 saturated carbocycles. The van der Waals surface area contributed by atoms with Gasteiger partial charge in [0.05, 0.1) is 21.3 Å². The van der Waals surface area contributed by atoms with Crippen LogP contribution in [0.4, 0.5) is 0 Å². The fourth-order valence-electron chi connectivity index (χ4n) is 1.43. The molecule has 1 heterocycles. The summed E-state index contributed by atoms with van der Waals surface area (Å²) < 4.78 is 1.23. The van der Waals surface area contributed by atoms with E-state index >= 15 is 0 Å². The Balaban J connectivity index is 2.13. The summed E-state index contributed by atoms with van der Waals surface area (Å²) in [6.07, 6.45) is 1.81. The van der Waals surface area contributed by atoms with Crippen molar-refractivity contribution in [2.45, 2.75) is 19.8 Å². The largest absolute Gasteiger partial charge is 0.241 e. The maximum Gasteiger partial charge on any atom is 0.0939 e. The Labute approximate surface area is 93.2 Å². The molecule has 0 saturated heterocycles. The first-order chi connectivity index (χ1) is 7.29. The van der Waals surface area contributed by atoms with Gasteiger partial charge in [-0.3, -0.25) is 0 Å². The minimum atomic E-state index is 0.122. The van der Waals surface area contributed by atoms with E-state index in [0.29, 0.717) is 0 Å². The van der Waals surface area contributed by atoms with Crippen LogP contribution >= 0.6 is 11.3 Å². The van der Waals surface area contributed by atoms with Gasteiger partial charge in [0.25, 0.3) is 0 Å². The molecular weight excluding hydrogens is 204 g/mol. The predicted octanol–water partition coefficient (Wildman–Crippen LogP) is 3.39. The zero-order chi connectivity index (χ0) is 10.7. The number of nitrogens with zero attached hydrogens (tertiary/aromatic N) is 2. The second-order valence-electron chi connectivity index (χ2n) is 3.64. The van der Waals surface area contributed by atoms with Crippen LogP contribution in [-0.2, 0) is 6.42 Å². The van der Waals surface area contributed by atoms with Crippen LogP contribution in [0.15, 0.2) is 24.3 Å². The van der Waals surface area contributed by atoms with Crippen molar-refractivity contribution in [3.8, 4) is 6.07 Å². The van der Waals surface area contributed by atoms with Gasteiger partial charge in [-0.2, -0.15) is 5.26 Å². The third-order valence-electron chi connectivity index (χ3n) is 2.35. The monoisotopic (exact) mass is 216 g/mol. The van der Waals surface area contributed by atoms with Gasteiger partial charge in [0.1, 0.15) is 0 Å². The fourth-order valence-corrected chi connectivity index (χ4v) is 2.41. The van der Waals surface area contributed by atoms with Gasteiger partial charge in [0, 0.05) is 12.3 Å². The van der Waals surface area contributed by atoms with Crippen molar-refractivity contribution in [1.82, 2.24) is 4.98 Å². The highest BCUT2D eigenvalue weighted by Gasteiger charge is 2.05. The highest BCUT2D eigenvalue weighted by molar-refractivity contribution is 7.18. The average Bonchev–Trinajstić information content (AvgIpc) is 2.68. The van der Waals surface area contributed by atoms with E-state index in [0.717, 1.165) is 23.4 Å². The summed E-state index contributed by atoms with van der Waals surface area (Å²) in [5.41, 5.74) is 1.07. The molecule has 0 amide bonds. The molecule has 2 aromatic rings. The van der Waals surface area contributed by atoms with Crippen molar-refractivity contribution in [2.75, 3.05) is 0 Å². The number of rotatable bonds is 3. The average molecular weight is 216 g/mol. The first-order valence-corrected chi connectivity index (χ1v) is 5.85. The van der Waals surface area contributed by atoms with E-state index in [4.69, 9.17) is 5.26 Å². The van der Waals surface area contributed by atoms with Crippen LogP contribution < -0.4 is 0 Å². The molecule has 0 bridgehead atoms. The lowest BCUT2D eigenvalue weighted by atomic mass is 10.1. The van der Waals surface area contributed by atoms with Gasteiger partial charge in [-0.25, -0.2) is 4.98 Å². The van der Waals surface area contributed by atoms with Gasteiger partial charge in [0.15, 0.2) is 0 Å². The molecule has 0 fully saturated rings. The maximum absolute atomic E-state index is 8.69. The molecule has 0 aliphatic rings. The summed E-state index contributed by atoms with van der Waals surface area (Å²) in [6.45, 7) is 1.95. The number of aromatic nitrogens is 1.